The zero-order chi connectivity index (χ0) is 17.5. The first-order valence-corrected chi connectivity index (χ1v) is 9.89. The van der Waals surface area contributed by atoms with Crippen molar-refractivity contribution in [2.24, 2.45) is 0 Å². The highest BCUT2D eigenvalue weighted by Gasteiger charge is 2.25. The van der Waals surface area contributed by atoms with Crippen LogP contribution in [0.25, 0.3) is 16.9 Å². The molecule has 9 heteroatoms. The van der Waals surface area contributed by atoms with Gasteiger partial charge in [0.25, 0.3) is 0 Å². The molecule has 0 radical (unpaired) electrons. The molecule has 2 aliphatic rings. The van der Waals surface area contributed by atoms with Gasteiger partial charge in [-0.25, -0.2) is 4.98 Å². The van der Waals surface area contributed by atoms with Crippen LogP contribution in [0.3, 0.4) is 0 Å². The lowest BCUT2D eigenvalue weighted by Crippen LogP contribution is -2.44. The van der Waals surface area contributed by atoms with Crippen molar-refractivity contribution >= 4 is 34.5 Å². The summed E-state index contributed by atoms with van der Waals surface area (Å²) < 4.78 is 9.81. The molecule has 3 aromatic heterocycles. The Labute approximate surface area is 155 Å². The highest BCUT2D eigenvalue weighted by molar-refractivity contribution is 8.00. The van der Waals surface area contributed by atoms with Gasteiger partial charge in [0.05, 0.1) is 42.7 Å². The van der Waals surface area contributed by atoms with E-state index in [4.69, 9.17) is 9.72 Å². The van der Waals surface area contributed by atoms with Crippen LogP contribution >= 0.6 is 11.9 Å². The first kappa shape index (κ1) is 16.0. The Balaban J connectivity index is 1.68. The van der Waals surface area contributed by atoms with Crippen LogP contribution in [-0.4, -0.2) is 63.1 Å². The molecule has 1 N–H and O–H groups in total. The second kappa shape index (κ2) is 6.48. The van der Waals surface area contributed by atoms with Gasteiger partial charge in [-0.15, -0.1) is 0 Å². The van der Waals surface area contributed by atoms with E-state index >= 15 is 0 Å². The molecule has 2 aliphatic heterocycles. The van der Waals surface area contributed by atoms with E-state index in [2.05, 4.69) is 37.5 Å². The molecule has 0 amide bonds. The molecule has 5 heterocycles. The Hall–Kier alpha value is -2.26. The quantitative estimate of drug-likeness (QED) is 0.708. The number of morpholine rings is 1. The smallest absolute Gasteiger partial charge is 0.169 e. The number of anilines is 2. The fourth-order valence-electron chi connectivity index (χ4n) is 3.57. The minimum atomic E-state index is 0.302. The van der Waals surface area contributed by atoms with Crippen LogP contribution in [0.2, 0.25) is 0 Å². The average Bonchev–Trinajstić information content (AvgIpc) is 3.41. The molecule has 2 saturated heterocycles. The third-order valence-corrected chi connectivity index (χ3v) is 6.07. The lowest BCUT2D eigenvalue weighted by atomic mass is 10.2. The van der Waals surface area contributed by atoms with Crippen molar-refractivity contribution in [1.29, 1.82) is 0 Å². The van der Waals surface area contributed by atoms with Gasteiger partial charge < -0.3 is 13.9 Å². The van der Waals surface area contributed by atoms with Crippen LogP contribution in [0.15, 0.2) is 24.5 Å². The summed E-state index contributed by atoms with van der Waals surface area (Å²) in [5.41, 5.74) is 2.05. The Morgan fingerprint density at radius 3 is 3.08 bits per heavy atom. The van der Waals surface area contributed by atoms with Crippen LogP contribution < -0.4 is 9.21 Å². The zero-order valence-electron chi connectivity index (χ0n) is 14.6. The van der Waals surface area contributed by atoms with E-state index in [9.17, 15) is 0 Å². The van der Waals surface area contributed by atoms with E-state index in [1.807, 2.05) is 28.9 Å². The van der Waals surface area contributed by atoms with Gasteiger partial charge in [0.15, 0.2) is 11.5 Å². The average molecular weight is 371 g/mol. The zero-order valence-corrected chi connectivity index (χ0v) is 15.4. The van der Waals surface area contributed by atoms with E-state index in [1.165, 1.54) is 12.1 Å². The van der Waals surface area contributed by atoms with Gasteiger partial charge in [-0.05, 0) is 25.3 Å². The van der Waals surface area contributed by atoms with Crippen LogP contribution in [-0.2, 0) is 4.74 Å². The first-order chi connectivity index (χ1) is 12.8. The molecular formula is C17H21N7OS. The number of rotatable bonds is 3. The number of hydrogen-bond acceptors (Lipinski definition) is 7. The van der Waals surface area contributed by atoms with E-state index in [0.717, 1.165) is 54.7 Å². The first-order valence-electron chi connectivity index (χ1n) is 8.94. The van der Waals surface area contributed by atoms with Crippen LogP contribution in [0.5, 0.6) is 0 Å². The van der Waals surface area contributed by atoms with Crippen LogP contribution in [0.1, 0.15) is 13.3 Å². The van der Waals surface area contributed by atoms with Gasteiger partial charge in [-0.1, -0.05) is 0 Å². The molecule has 0 aliphatic carbocycles. The minimum Gasteiger partial charge on any atom is -0.377 e. The Morgan fingerprint density at radius 2 is 2.31 bits per heavy atom. The summed E-state index contributed by atoms with van der Waals surface area (Å²) in [6, 6.07) is 4.42. The highest BCUT2D eigenvalue weighted by atomic mass is 32.2. The molecule has 8 nitrogen and oxygen atoms in total. The maximum Gasteiger partial charge on any atom is 0.169 e. The van der Waals surface area contributed by atoms with Crippen molar-refractivity contribution in [3.8, 4) is 5.82 Å². The second-order valence-corrected chi connectivity index (χ2v) is 7.75. The van der Waals surface area contributed by atoms with E-state index in [-0.39, 0.29) is 0 Å². The van der Waals surface area contributed by atoms with Crippen LogP contribution in [0.4, 0.5) is 11.5 Å². The number of aromatic amines is 1. The number of hydrogen-bond donors (Lipinski definition) is 1. The molecule has 0 saturated carbocycles. The van der Waals surface area contributed by atoms with Gasteiger partial charge in [0.2, 0.25) is 0 Å². The monoisotopic (exact) mass is 371 g/mol. The molecule has 0 bridgehead atoms. The normalized spacial score (nSPS) is 21.0. The minimum absolute atomic E-state index is 0.302. The summed E-state index contributed by atoms with van der Waals surface area (Å²) >= 11 is 1.88. The fraction of sp³-hybridized carbons (Fsp3) is 0.471. The Bertz CT molecular complexity index is 903. The van der Waals surface area contributed by atoms with Gasteiger partial charge in [-0.3, -0.25) is 5.10 Å². The summed E-state index contributed by atoms with van der Waals surface area (Å²) in [7, 11) is 0. The molecule has 136 valence electrons. The largest absolute Gasteiger partial charge is 0.377 e. The predicted octanol–water partition coefficient (Wildman–Crippen LogP) is 2.23. The lowest BCUT2D eigenvalue weighted by Gasteiger charge is -2.34. The second-order valence-electron chi connectivity index (χ2n) is 6.64. The van der Waals surface area contributed by atoms with Gasteiger partial charge in [0.1, 0.15) is 5.82 Å². The van der Waals surface area contributed by atoms with E-state index < -0.39 is 0 Å². The number of nitrogens with one attached hydrogen (secondary N) is 1. The number of ether oxygens (including phenoxy) is 1. The third kappa shape index (κ3) is 2.62. The third-order valence-electron chi connectivity index (χ3n) is 4.90. The van der Waals surface area contributed by atoms with Gasteiger partial charge >= 0.3 is 0 Å². The predicted molar refractivity (Wildman–Crippen MR) is 103 cm³/mol. The highest BCUT2D eigenvalue weighted by Crippen LogP contribution is 2.37. The lowest BCUT2D eigenvalue weighted by molar-refractivity contribution is 0.0985. The molecule has 5 rings (SSSR count). The maximum atomic E-state index is 5.60. The molecule has 3 aromatic rings. The number of fused-ring (bicyclic) bond motifs is 1. The Kier molecular flexibility index (Phi) is 3.97. The van der Waals surface area contributed by atoms with Crippen molar-refractivity contribution in [1.82, 2.24) is 25.0 Å². The molecule has 2 fully saturated rings. The van der Waals surface area contributed by atoms with Crippen molar-refractivity contribution < 1.29 is 4.74 Å². The number of H-pyrrole nitrogens is 1. The SMILES string of the molecule is CC1COCCN1c1cc(N2CCCS2)c2cnn(-c3ccn[nH]3)c2n1. The van der Waals surface area contributed by atoms with Gasteiger partial charge in [0, 0.05) is 31.0 Å². The van der Waals surface area contributed by atoms with Crippen molar-refractivity contribution in [3.05, 3.63) is 24.5 Å². The molecule has 26 heavy (non-hydrogen) atoms. The van der Waals surface area contributed by atoms with Gasteiger partial charge in [-0.2, -0.15) is 14.9 Å². The van der Waals surface area contributed by atoms with Crippen LogP contribution in [0, 0.1) is 0 Å². The fourth-order valence-corrected chi connectivity index (χ4v) is 4.60. The number of pyridine rings is 1. The maximum absolute atomic E-state index is 5.60. The topological polar surface area (TPSA) is 75.1 Å². The summed E-state index contributed by atoms with van der Waals surface area (Å²) in [4.78, 5) is 7.32. The number of nitrogens with zero attached hydrogens (tertiary/aromatic N) is 6. The van der Waals surface area contributed by atoms with E-state index in [1.54, 1.807) is 6.20 Å². The summed E-state index contributed by atoms with van der Waals surface area (Å²) in [6.07, 6.45) is 4.84. The summed E-state index contributed by atoms with van der Waals surface area (Å²) in [5, 5.41) is 12.7. The summed E-state index contributed by atoms with van der Waals surface area (Å²) in [6.45, 7) is 5.55. The molecule has 0 spiro atoms. The van der Waals surface area contributed by atoms with Crippen molar-refractivity contribution in [2.45, 2.75) is 19.4 Å². The number of aromatic nitrogens is 5. The summed E-state index contributed by atoms with van der Waals surface area (Å²) in [5.74, 6) is 2.96. The molecule has 0 aromatic carbocycles. The van der Waals surface area contributed by atoms with Crippen molar-refractivity contribution in [3.63, 3.8) is 0 Å². The molecule has 1 atom stereocenters. The Morgan fingerprint density at radius 1 is 1.35 bits per heavy atom. The molecular weight excluding hydrogens is 350 g/mol. The van der Waals surface area contributed by atoms with E-state index in [0.29, 0.717) is 6.04 Å². The molecule has 1 unspecified atom stereocenters. The van der Waals surface area contributed by atoms with Crippen molar-refractivity contribution in [2.75, 3.05) is 41.3 Å². The standard InChI is InChI=1S/C17H21N7OS/c1-12-11-25-7-6-22(12)16-9-14(23-5-2-8-26-23)13-10-19-24(17(13)20-16)15-3-4-18-21-15/h3-4,9-10,12H,2,5-8,11H2,1H3,(H,18,21).